The summed E-state index contributed by atoms with van der Waals surface area (Å²) >= 11 is 1.36. The van der Waals surface area contributed by atoms with Gasteiger partial charge in [0.2, 0.25) is 0 Å². The molecule has 138 valence electrons. The molecule has 0 aliphatic heterocycles. The highest BCUT2D eigenvalue weighted by Gasteiger charge is 2.48. The van der Waals surface area contributed by atoms with Crippen molar-refractivity contribution in [1.29, 1.82) is 0 Å². The van der Waals surface area contributed by atoms with Crippen LogP contribution < -0.4 is 5.48 Å². The SMILES string of the molecule is Cc1c(F)cccc1C1(C(=O)NO)Cc2nc(-c3ccc(F)cn3)sc2C1. The van der Waals surface area contributed by atoms with Crippen molar-refractivity contribution in [3.05, 3.63) is 69.9 Å². The average molecular weight is 387 g/mol. The molecule has 27 heavy (non-hydrogen) atoms. The van der Waals surface area contributed by atoms with Gasteiger partial charge in [0.05, 0.1) is 23.0 Å². The number of hydrogen-bond acceptors (Lipinski definition) is 5. The molecule has 2 heterocycles. The first-order valence-electron chi connectivity index (χ1n) is 8.25. The number of pyridine rings is 1. The van der Waals surface area contributed by atoms with E-state index >= 15 is 0 Å². The molecule has 2 aromatic heterocycles. The van der Waals surface area contributed by atoms with Crippen molar-refractivity contribution in [1.82, 2.24) is 15.4 Å². The van der Waals surface area contributed by atoms with Crippen molar-refractivity contribution in [2.45, 2.75) is 25.2 Å². The van der Waals surface area contributed by atoms with Gasteiger partial charge >= 0.3 is 0 Å². The highest BCUT2D eigenvalue weighted by molar-refractivity contribution is 7.15. The maximum atomic E-state index is 14.1. The summed E-state index contributed by atoms with van der Waals surface area (Å²) in [7, 11) is 0. The number of aromatic nitrogens is 2. The number of carbonyl (C=O) groups is 1. The monoisotopic (exact) mass is 387 g/mol. The maximum Gasteiger partial charge on any atom is 0.254 e. The molecule has 1 aliphatic rings. The van der Waals surface area contributed by atoms with Crippen molar-refractivity contribution in [3.8, 4) is 10.7 Å². The molecule has 1 aromatic carbocycles. The number of halogens is 2. The summed E-state index contributed by atoms with van der Waals surface area (Å²) in [6.45, 7) is 1.62. The Labute approximate surface area is 157 Å². The van der Waals surface area contributed by atoms with E-state index in [0.717, 1.165) is 11.1 Å². The number of hydroxylamine groups is 1. The van der Waals surface area contributed by atoms with Crippen LogP contribution in [0.25, 0.3) is 10.7 Å². The number of amides is 1. The van der Waals surface area contributed by atoms with Crippen LogP contribution in [0.3, 0.4) is 0 Å². The van der Waals surface area contributed by atoms with Gasteiger partial charge in [0, 0.05) is 17.7 Å². The molecule has 2 N–H and O–H groups in total. The summed E-state index contributed by atoms with van der Waals surface area (Å²) in [6, 6.07) is 7.46. The molecule has 1 aliphatic carbocycles. The predicted molar refractivity (Wildman–Crippen MR) is 95.5 cm³/mol. The van der Waals surface area contributed by atoms with E-state index in [0.29, 0.717) is 27.5 Å². The Balaban J connectivity index is 1.75. The molecule has 0 radical (unpaired) electrons. The van der Waals surface area contributed by atoms with Gasteiger partial charge in [-0.2, -0.15) is 0 Å². The fourth-order valence-electron chi connectivity index (χ4n) is 3.60. The summed E-state index contributed by atoms with van der Waals surface area (Å²) in [5.74, 6) is -1.43. The van der Waals surface area contributed by atoms with E-state index in [1.165, 1.54) is 23.5 Å². The normalized spacial score (nSPS) is 18.4. The fraction of sp³-hybridized carbons (Fsp3) is 0.211. The Morgan fingerprint density at radius 1 is 1.26 bits per heavy atom. The number of fused-ring (bicyclic) bond motifs is 1. The van der Waals surface area contributed by atoms with Gasteiger partial charge in [-0.15, -0.1) is 11.3 Å². The van der Waals surface area contributed by atoms with Crippen LogP contribution in [0.1, 0.15) is 21.7 Å². The van der Waals surface area contributed by atoms with E-state index in [1.807, 2.05) is 0 Å². The van der Waals surface area contributed by atoms with Gasteiger partial charge in [-0.3, -0.25) is 15.0 Å². The van der Waals surface area contributed by atoms with Crippen LogP contribution in [0.4, 0.5) is 8.78 Å². The number of thiazole rings is 1. The third kappa shape index (κ3) is 2.81. The predicted octanol–water partition coefficient (Wildman–Crippen LogP) is 3.33. The van der Waals surface area contributed by atoms with Crippen LogP contribution in [0.2, 0.25) is 0 Å². The maximum absolute atomic E-state index is 14.1. The van der Waals surface area contributed by atoms with E-state index in [4.69, 9.17) is 0 Å². The number of carbonyl (C=O) groups excluding carboxylic acids is 1. The zero-order valence-electron chi connectivity index (χ0n) is 14.3. The molecule has 1 amide bonds. The fourth-order valence-corrected chi connectivity index (χ4v) is 4.77. The molecule has 0 spiro atoms. The quantitative estimate of drug-likeness (QED) is 0.534. The first kappa shape index (κ1) is 17.7. The molecule has 8 heteroatoms. The van der Waals surface area contributed by atoms with E-state index < -0.39 is 23.0 Å². The molecular weight excluding hydrogens is 372 g/mol. The summed E-state index contributed by atoms with van der Waals surface area (Å²) in [5, 5.41) is 9.93. The van der Waals surface area contributed by atoms with Crippen LogP contribution in [0, 0.1) is 18.6 Å². The second-order valence-electron chi connectivity index (χ2n) is 6.54. The molecule has 0 bridgehead atoms. The first-order valence-corrected chi connectivity index (χ1v) is 9.07. The highest BCUT2D eigenvalue weighted by atomic mass is 32.1. The van der Waals surface area contributed by atoms with Gasteiger partial charge in [0.15, 0.2) is 0 Å². The lowest BCUT2D eigenvalue weighted by atomic mass is 9.75. The van der Waals surface area contributed by atoms with Crippen LogP contribution in [-0.2, 0) is 23.1 Å². The number of hydrogen-bond donors (Lipinski definition) is 2. The lowest BCUT2D eigenvalue weighted by Gasteiger charge is -2.28. The van der Waals surface area contributed by atoms with Crippen LogP contribution in [0.5, 0.6) is 0 Å². The minimum Gasteiger partial charge on any atom is -0.289 e. The Kier molecular flexibility index (Phi) is 4.24. The first-order chi connectivity index (χ1) is 12.9. The molecule has 0 saturated carbocycles. The molecule has 0 saturated heterocycles. The average Bonchev–Trinajstić information content (AvgIpc) is 3.21. The highest BCUT2D eigenvalue weighted by Crippen LogP contribution is 2.45. The van der Waals surface area contributed by atoms with Crippen molar-refractivity contribution in [2.24, 2.45) is 0 Å². The number of benzene rings is 1. The minimum absolute atomic E-state index is 0.233. The van der Waals surface area contributed by atoms with Gasteiger partial charge in [-0.1, -0.05) is 12.1 Å². The van der Waals surface area contributed by atoms with Gasteiger partial charge in [0.1, 0.15) is 16.6 Å². The van der Waals surface area contributed by atoms with Gasteiger partial charge < -0.3 is 0 Å². The smallest absolute Gasteiger partial charge is 0.254 e. The summed E-state index contributed by atoms with van der Waals surface area (Å²) in [6.07, 6.45) is 1.65. The zero-order valence-corrected chi connectivity index (χ0v) is 15.1. The Bertz CT molecular complexity index is 1010. The van der Waals surface area contributed by atoms with Crippen molar-refractivity contribution in [2.75, 3.05) is 0 Å². The van der Waals surface area contributed by atoms with Crippen molar-refractivity contribution >= 4 is 17.2 Å². The van der Waals surface area contributed by atoms with Gasteiger partial charge in [0.25, 0.3) is 5.91 Å². The number of rotatable bonds is 3. The van der Waals surface area contributed by atoms with E-state index in [9.17, 15) is 18.8 Å². The zero-order chi connectivity index (χ0) is 19.2. The van der Waals surface area contributed by atoms with E-state index in [-0.39, 0.29) is 12.8 Å². The van der Waals surface area contributed by atoms with Crippen LogP contribution in [0.15, 0.2) is 36.5 Å². The number of nitrogens with zero attached hydrogens (tertiary/aromatic N) is 2. The third-order valence-electron chi connectivity index (χ3n) is 4.98. The third-order valence-corrected chi connectivity index (χ3v) is 6.10. The van der Waals surface area contributed by atoms with E-state index in [2.05, 4.69) is 9.97 Å². The topological polar surface area (TPSA) is 75.1 Å². The lowest BCUT2D eigenvalue weighted by molar-refractivity contribution is -0.135. The van der Waals surface area contributed by atoms with Gasteiger partial charge in [-0.25, -0.2) is 19.2 Å². The Hall–Kier alpha value is -2.71. The largest absolute Gasteiger partial charge is 0.289 e. The van der Waals surface area contributed by atoms with Crippen molar-refractivity contribution in [3.63, 3.8) is 0 Å². The molecule has 4 rings (SSSR count). The van der Waals surface area contributed by atoms with Crippen molar-refractivity contribution < 1.29 is 18.8 Å². The molecule has 0 fully saturated rings. The summed E-state index contributed by atoms with van der Waals surface area (Å²) < 4.78 is 27.2. The lowest BCUT2D eigenvalue weighted by Crippen LogP contribution is -2.44. The summed E-state index contributed by atoms with van der Waals surface area (Å²) in [4.78, 5) is 22.1. The second kappa shape index (κ2) is 6.47. The standard InChI is InChI=1S/C19H15F2N3O2S/c1-10-12(3-2-4-13(10)21)19(18(25)24-26)7-15-16(8-19)27-17(23-15)14-6-5-11(20)9-22-14/h2-6,9,26H,7-8H2,1H3,(H,24,25). The van der Waals surface area contributed by atoms with Crippen LogP contribution >= 0.6 is 11.3 Å². The summed E-state index contributed by atoms with van der Waals surface area (Å²) in [5.41, 5.74) is 2.76. The Morgan fingerprint density at radius 3 is 2.74 bits per heavy atom. The molecule has 3 aromatic rings. The molecule has 1 atom stereocenters. The van der Waals surface area contributed by atoms with Gasteiger partial charge in [-0.05, 0) is 36.2 Å². The molecule has 5 nitrogen and oxygen atoms in total. The molecule has 1 unspecified atom stereocenters. The second-order valence-corrected chi connectivity index (χ2v) is 7.62. The van der Waals surface area contributed by atoms with Crippen LogP contribution in [-0.4, -0.2) is 21.1 Å². The molecular formula is C19H15F2N3O2S. The minimum atomic E-state index is -1.12. The van der Waals surface area contributed by atoms with E-state index in [1.54, 1.807) is 30.6 Å². The number of nitrogens with one attached hydrogen (secondary N) is 1. The Morgan fingerprint density at radius 2 is 2.07 bits per heavy atom.